The molecule has 1 aromatic heterocycles. The third-order valence-corrected chi connectivity index (χ3v) is 5.48. The molecule has 34 heavy (non-hydrogen) atoms. The Hall–Kier alpha value is -2.38. The molecule has 1 atom stereocenters. The van der Waals surface area contributed by atoms with E-state index in [9.17, 15) is 5.11 Å². The van der Waals surface area contributed by atoms with Gasteiger partial charge in [-0.25, -0.2) is 4.68 Å². The Bertz CT molecular complexity index is 1040. The first-order valence-corrected chi connectivity index (χ1v) is 12.2. The number of hydrogen-bond acceptors (Lipinski definition) is 5. The summed E-state index contributed by atoms with van der Waals surface area (Å²) in [6.45, 7) is 12.5. The Morgan fingerprint density at radius 1 is 1.03 bits per heavy atom. The van der Waals surface area contributed by atoms with E-state index in [1.165, 1.54) is 0 Å². The van der Waals surface area contributed by atoms with Crippen molar-refractivity contribution in [2.24, 2.45) is 5.92 Å². The number of hydrogen-bond donors (Lipinski definition) is 1. The van der Waals surface area contributed by atoms with E-state index < -0.39 is 6.10 Å². The first kappa shape index (κ1) is 26.2. The fourth-order valence-electron chi connectivity index (χ4n) is 3.81. The molecule has 2 aromatic carbocycles. The minimum atomic E-state index is -0.581. The second-order valence-electron chi connectivity index (χ2n) is 9.30. The van der Waals surface area contributed by atoms with Gasteiger partial charge in [-0.3, -0.25) is 4.90 Å². The van der Waals surface area contributed by atoms with E-state index in [0.29, 0.717) is 36.5 Å². The van der Waals surface area contributed by atoms with Crippen molar-refractivity contribution in [2.75, 3.05) is 19.7 Å². The van der Waals surface area contributed by atoms with Crippen LogP contribution < -0.4 is 4.74 Å². The number of ether oxygens (including phenoxy) is 2. The summed E-state index contributed by atoms with van der Waals surface area (Å²) < 4.78 is 13.8. The van der Waals surface area contributed by atoms with Crippen LogP contribution >= 0.6 is 11.6 Å². The lowest BCUT2D eigenvalue weighted by molar-refractivity contribution is -0.0109. The van der Waals surface area contributed by atoms with E-state index in [0.717, 1.165) is 29.2 Å². The molecule has 3 rings (SSSR count). The van der Waals surface area contributed by atoms with Crippen molar-refractivity contribution in [1.29, 1.82) is 0 Å². The van der Waals surface area contributed by atoms with Gasteiger partial charge in [0, 0.05) is 24.7 Å². The lowest BCUT2D eigenvalue weighted by Crippen LogP contribution is -2.37. The summed E-state index contributed by atoms with van der Waals surface area (Å²) in [6.07, 6.45) is -0.500. The number of benzene rings is 2. The molecule has 1 N–H and O–H groups in total. The van der Waals surface area contributed by atoms with Crippen molar-refractivity contribution in [3.8, 4) is 17.3 Å². The van der Waals surface area contributed by atoms with Crippen molar-refractivity contribution in [3.63, 3.8) is 0 Å². The molecule has 1 unspecified atom stereocenters. The number of aliphatic hydroxyl groups excluding tert-OH is 1. The highest BCUT2D eigenvalue weighted by Crippen LogP contribution is 2.32. The molecule has 0 aliphatic rings. The fourth-order valence-corrected chi connectivity index (χ4v) is 3.99. The van der Waals surface area contributed by atoms with Gasteiger partial charge in [0.2, 0.25) is 5.88 Å². The van der Waals surface area contributed by atoms with E-state index in [1.807, 2.05) is 75.4 Å². The number of aliphatic hydroxyl groups is 1. The number of rotatable bonds is 12. The lowest BCUT2D eigenvalue weighted by Gasteiger charge is -2.27. The second kappa shape index (κ2) is 12.4. The predicted molar refractivity (Wildman–Crippen MR) is 137 cm³/mol. The number of aryl methyl sites for hydroxylation is 1. The zero-order valence-electron chi connectivity index (χ0n) is 20.7. The largest absolute Gasteiger partial charge is 0.439 e. The Morgan fingerprint density at radius 2 is 1.76 bits per heavy atom. The number of nitrogens with zero attached hydrogens (tertiary/aromatic N) is 3. The molecular weight excluding hydrogens is 450 g/mol. The Kier molecular flexibility index (Phi) is 9.54. The summed E-state index contributed by atoms with van der Waals surface area (Å²) >= 11 is 6.27. The third kappa shape index (κ3) is 7.57. The highest BCUT2D eigenvalue weighted by molar-refractivity contribution is 6.30. The molecule has 0 saturated heterocycles. The van der Waals surface area contributed by atoms with Crippen molar-refractivity contribution >= 4 is 11.6 Å². The van der Waals surface area contributed by atoms with Crippen molar-refractivity contribution in [3.05, 3.63) is 70.9 Å². The average molecular weight is 486 g/mol. The molecule has 0 fully saturated rings. The van der Waals surface area contributed by atoms with Crippen LogP contribution in [0.4, 0.5) is 0 Å². The molecule has 0 aliphatic heterocycles. The highest BCUT2D eigenvalue weighted by atomic mass is 35.5. The molecule has 0 radical (unpaired) electrons. The normalized spacial score (nSPS) is 12.6. The SMILES string of the molecule is Cc1nn(-c2cccc(Cl)c2)c(Oc2ccccc2)c1CN(CC(C)C)CC(O)COC(C)C. The van der Waals surface area contributed by atoms with Crippen LogP contribution in [-0.2, 0) is 11.3 Å². The molecule has 184 valence electrons. The first-order valence-electron chi connectivity index (χ1n) is 11.8. The number of para-hydroxylation sites is 1. The zero-order chi connectivity index (χ0) is 24.7. The van der Waals surface area contributed by atoms with Gasteiger partial charge in [-0.15, -0.1) is 0 Å². The van der Waals surface area contributed by atoms with Crippen LogP contribution in [0, 0.1) is 12.8 Å². The van der Waals surface area contributed by atoms with Gasteiger partial charge in [0.25, 0.3) is 0 Å². The van der Waals surface area contributed by atoms with Crippen molar-refractivity contribution in [1.82, 2.24) is 14.7 Å². The standard InChI is InChI=1S/C27H36ClN3O3/c1-19(2)15-30(16-24(32)18-33-20(3)4)17-26-21(5)29-31(23-11-9-10-22(28)14-23)27(26)34-25-12-7-6-8-13-25/h6-14,19-20,24,32H,15-18H2,1-5H3. The van der Waals surface area contributed by atoms with Crippen LogP contribution in [0.5, 0.6) is 11.6 Å². The summed E-state index contributed by atoms with van der Waals surface area (Å²) in [5, 5.41) is 16.1. The number of halogens is 1. The summed E-state index contributed by atoms with van der Waals surface area (Å²) in [7, 11) is 0. The molecule has 1 heterocycles. The molecule has 3 aromatic rings. The molecule has 0 saturated carbocycles. The molecule has 0 aliphatic carbocycles. The van der Waals surface area contributed by atoms with E-state index >= 15 is 0 Å². The van der Waals surface area contributed by atoms with Gasteiger partial charge >= 0.3 is 0 Å². The Balaban J connectivity index is 1.95. The van der Waals surface area contributed by atoms with E-state index in [1.54, 1.807) is 4.68 Å². The summed E-state index contributed by atoms with van der Waals surface area (Å²) in [5.41, 5.74) is 2.67. The van der Waals surface area contributed by atoms with Gasteiger partial charge in [-0.1, -0.05) is 49.7 Å². The predicted octanol–water partition coefficient (Wildman–Crippen LogP) is 5.87. The quantitative estimate of drug-likeness (QED) is 0.347. The zero-order valence-corrected chi connectivity index (χ0v) is 21.5. The van der Waals surface area contributed by atoms with E-state index in [-0.39, 0.29) is 6.10 Å². The van der Waals surface area contributed by atoms with Crippen molar-refractivity contribution < 1.29 is 14.6 Å². The van der Waals surface area contributed by atoms with E-state index in [2.05, 4.69) is 18.7 Å². The van der Waals surface area contributed by atoms with Gasteiger partial charge in [-0.2, -0.15) is 5.10 Å². The van der Waals surface area contributed by atoms with Gasteiger partial charge in [0.15, 0.2) is 0 Å². The van der Waals surface area contributed by atoms with Crippen LogP contribution in [0.15, 0.2) is 54.6 Å². The van der Waals surface area contributed by atoms with Gasteiger partial charge < -0.3 is 14.6 Å². The fraction of sp³-hybridized carbons (Fsp3) is 0.444. The average Bonchev–Trinajstić information content (AvgIpc) is 3.07. The molecule has 7 heteroatoms. The Morgan fingerprint density at radius 3 is 2.41 bits per heavy atom. The molecule has 0 bridgehead atoms. The second-order valence-corrected chi connectivity index (χ2v) is 9.74. The Labute approximate surface area is 208 Å². The molecule has 0 spiro atoms. The van der Waals surface area contributed by atoms with Crippen LogP contribution in [0.2, 0.25) is 5.02 Å². The lowest BCUT2D eigenvalue weighted by atomic mass is 10.1. The van der Waals surface area contributed by atoms with Crippen LogP contribution in [-0.4, -0.2) is 51.7 Å². The van der Waals surface area contributed by atoms with Crippen LogP contribution in [0.3, 0.4) is 0 Å². The maximum Gasteiger partial charge on any atom is 0.227 e. The van der Waals surface area contributed by atoms with Crippen molar-refractivity contribution in [2.45, 2.75) is 53.4 Å². The summed E-state index contributed by atoms with van der Waals surface area (Å²) in [4.78, 5) is 2.24. The molecule has 6 nitrogen and oxygen atoms in total. The highest BCUT2D eigenvalue weighted by Gasteiger charge is 2.23. The first-order chi connectivity index (χ1) is 16.2. The summed E-state index contributed by atoms with van der Waals surface area (Å²) in [6, 6.07) is 17.3. The molecular formula is C27H36ClN3O3. The summed E-state index contributed by atoms with van der Waals surface area (Å²) in [5.74, 6) is 1.81. The maximum absolute atomic E-state index is 10.6. The topological polar surface area (TPSA) is 59.8 Å². The smallest absolute Gasteiger partial charge is 0.227 e. The van der Waals surface area contributed by atoms with Gasteiger partial charge in [0.05, 0.1) is 35.8 Å². The van der Waals surface area contributed by atoms with Gasteiger partial charge in [0.1, 0.15) is 5.75 Å². The third-order valence-electron chi connectivity index (χ3n) is 5.24. The number of aromatic nitrogens is 2. The van der Waals surface area contributed by atoms with Crippen LogP contribution in [0.1, 0.15) is 39.0 Å². The molecule has 0 amide bonds. The van der Waals surface area contributed by atoms with E-state index in [4.69, 9.17) is 26.2 Å². The van der Waals surface area contributed by atoms with Crippen LogP contribution in [0.25, 0.3) is 5.69 Å². The van der Waals surface area contributed by atoms with Gasteiger partial charge in [-0.05, 0) is 57.0 Å². The minimum Gasteiger partial charge on any atom is -0.439 e. The monoisotopic (exact) mass is 485 g/mol. The minimum absolute atomic E-state index is 0.0808. The maximum atomic E-state index is 10.6.